The normalized spacial score (nSPS) is 14.4. The first kappa shape index (κ1) is 27.3. The van der Waals surface area contributed by atoms with Gasteiger partial charge in [0.25, 0.3) is 5.91 Å². The molecule has 1 atom stereocenters. The third-order valence-electron chi connectivity index (χ3n) is 5.81. The van der Waals surface area contributed by atoms with Crippen molar-refractivity contribution >= 4 is 35.0 Å². The first-order chi connectivity index (χ1) is 17.5. The molecule has 3 aromatic rings. The van der Waals surface area contributed by atoms with Crippen molar-refractivity contribution < 1.29 is 19.1 Å². The molecule has 0 bridgehead atoms. The average molecular weight is 513 g/mol. The predicted octanol–water partition coefficient (Wildman–Crippen LogP) is 3.62. The second-order valence-electron chi connectivity index (χ2n) is 8.52. The number of rotatable bonds is 9. The fourth-order valence-electron chi connectivity index (χ4n) is 4.04. The Morgan fingerprint density at radius 2 is 1.86 bits per heavy atom. The summed E-state index contributed by atoms with van der Waals surface area (Å²) < 4.78 is 13.2. The van der Waals surface area contributed by atoms with Gasteiger partial charge in [0.15, 0.2) is 0 Å². The molecule has 1 fully saturated rings. The van der Waals surface area contributed by atoms with E-state index in [1.807, 2.05) is 42.6 Å². The number of anilines is 2. The van der Waals surface area contributed by atoms with E-state index >= 15 is 0 Å². The van der Waals surface area contributed by atoms with E-state index in [4.69, 9.17) is 5.11 Å². The van der Waals surface area contributed by atoms with Crippen LogP contribution in [-0.2, 0) is 11.2 Å². The van der Waals surface area contributed by atoms with E-state index in [0.717, 1.165) is 43.2 Å². The molecule has 2 heterocycles. The van der Waals surface area contributed by atoms with Crippen LogP contribution in [0.1, 0.15) is 22.2 Å². The van der Waals surface area contributed by atoms with E-state index in [9.17, 15) is 14.0 Å². The highest BCUT2D eigenvalue weighted by molar-refractivity contribution is 7.12. The van der Waals surface area contributed by atoms with Crippen molar-refractivity contribution in [2.75, 3.05) is 49.5 Å². The van der Waals surface area contributed by atoms with E-state index < -0.39 is 0 Å². The van der Waals surface area contributed by atoms with Crippen molar-refractivity contribution in [1.29, 1.82) is 0 Å². The molecular formula is C27H33FN4O3S. The summed E-state index contributed by atoms with van der Waals surface area (Å²) in [7, 11) is 0. The van der Waals surface area contributed by atoms with E-state index in [2.05, 4.69) is 32.6 Å². The van der Waals surface area contributed by atoms with Gasteiger partial charge in [-0.3, -0.25) is 14.5 Å². The van der Waals surface area contributed by atoms with E-state index in [1.54, 1.807) is 6.07 Å². The molecule has 1 aliphatic rings. The molecule has 2 amide bonds. The van der Waals surface area contributed by atoms with Gasteiger partial charge < -0.3 is 20.6 Å². The van der Waals surface area contributed by atoms with Crippen LogP contribution in [0.5, 0.6) is 0 Å². The molecule has 0 spiro atoms. The third-order valence-corrected chi connectivity index (χ3v) is 6.68. The number of β-amino-alcohol motifs (C(OH)–C–C–N with tert-alkyl or cyclic N) is 1. The zero-order valence-electron chi connectivity index (χ0n) is 20.4. The Morgan fingerprint density at radius 3 is 2.50 bits per heavy atom. The number of piperazine rings is 1. The molecule has 0 saturated carbocycles. The van der Waals surface area contributed by atoms with Gasteiger partial charge in [0.2, 0.25) is 6.41 Å². The molecule has 1 aromatic heterocycles. The van der Waals surface area contributed by atoms with Crippen LogP contribution in [0.25, 0.3) is 0 Å². The molecule has 192 valence electrons. The Bertz CT molecular complexity index is 1070. The highest BCUT2D eigenvalue weighted by atomic mass is 32.1. The van der Waals surface area contributed by atoms with Gasteiger partial charge in [0.1, 0.15) is 5.82 Å². The Labute approximate surface area is 215 Å². The maximum absolute atomic E-state index is 13.2. The van der Waals surface area contributed by atoms with Gasteiger partial charge in [-0.05, 0) is 48.6 Å². The molecule has 3 N–H and O–H groups in total. The van der Waals surface area contributed by atoms with Gasteiger partial charge in [0.05, 0.1) is 22.9 Å². The van der Waals surface area contributed by atoms with Crippen molar-refractivity contribution in [2.24, 2.45) is 0 Å². The smallest absolute Gasteiger partial charge is 0.261 e. The van der Waals surface area contributed by atoms with Gasteiger partial charge in [-0.1, -0.05) is 36.4 Å². The van der Waals surface area contributed by atoms with Crippen molar-refractivity contribution in [1.82, 2.24) is 10.2 Å². The standard InChI is InChI=1S/C14H15NOS.C13H18FN3O2/c1-11(10-12-6-3-2-4-7-12)15-14(16)13-8-5-9-17-13;14-11-1-2-13(12(9-11)15-10-19)17-5-3-16(4-6-17)7-8-18/h2-9,11H,10H2,1H3,(H,15,16);1-2,9-10,18H,3-8H2,(H,15,19). The summed E-state index contributed by atoms with van der Waals surface area (Å²) in [5.74, 6) is -0.351. The summed E-state index contributed by atoms with van der Waals surface area (Å²) in [5.41, 5.74) is 2.56. The van der Waals surface area contributed by atoms with Crippen LogP contribution in [0.15, 0.2) is 66.0 Å². The fraction of sp³-hybridized carbons (Fsp3) is 0.333. The number of amides is 2. The van der Waals surface area contributed by atoms with Gasteiger partial charge >= 0.3 is 0 Å². The summed E-state index contributed by atoms with van der Waals surface area (Å²) in [6.07, 6.45) is 1.41. The summed E-state index contributed by atoms with van der Waals surface area (Å²) in [6, 6.07) is 18.5. The number of nitrogens with one attached hydrogen (secondary N) is 2. The van der Waals surface area contributed by atoms with Crippen LogP contribution in [0.3, 0.4) is 0 Å². The zero-order valence-corrected chi connectivity index (χ0v) is 21.2. The lowest BCUT2D eigenvalue weighted by atomic mass is 10.1. The number of benzene rings is 2. The molecule has 0 radical (unpaired) electrons. The minimum Gasteiger partial charge on any atom is -0.395 e. The number of nitrogens with zero attached hydrogens (tertiary/aromatic N) is 2. The number of halogens is 1. The number of carbonyl (C=O) groups is 2. The highest BCUT2D eigenvalue weighted by Crippen LogP contribution is 2.27. The van der Waals surface area contributed by atoms with Crippen LogP contribution in [0, 0.1) is 5.82 Å². The van der Waals surface area contributed by atoms with Crippen LogP contribution >= 0.6 is 11.3 Å². The van der Waals surface area contributed by atoms with Crippen molar-refractivity contribution in [3.63, 3.8) is 0 Å². The molecule has 2 aromatic carbocycles. The summed E-state index contributed by atoms with van der Waals surface area (Å²) in [4.78, 5) is 27.4. The monoisotopic (exact) mass is 512 g/mol. The average Bonchev–Trinajstić information content (AvgIpc) is 3.42. The zero-order chi connectivity index (χ0) is 25.8. The summed E-state index contributed by atoms with van der Waals surface area (Å²) in [5, 5.41) is 16.4. The fourth-order valence-corrected chi connectivity index (χ4v) is 4.67. The van der Waals surface area contributed by atoms with E-state index in [1.165, 1.54) is 29.0 Å². The minimum absolute atomic E-state index is 0.0171. The summed E-state index contributed by atoms with van der Waals surface area (Å²) >= 11 is 1.47. The maximum atomic E-state index is 13.2. The Kier molecular flexibility index (Phi) is 10.9. The number of carbonyl (C=O) groups excluding carboxylic acids is 2. The predicted molar refractivity (Wildman–Crippen MR) is 143 cm³/mol. The lowest BCUT2D eigenvalue weighted by molar-refractivity contribution is -0.105. The third kappa shape index (κ3) is 8.44. The number of thiophene rings is 1. The van der Waals surface area contributed by atoms with Gasteiger partial charge in [-0.2, -0.15) is 0 Å². The molecule has 1 aliphatic heterocycles. The van der Waals surface area contributed by atoms with Crippen LogP contribution in [-0.4, -0.2) is 67.7 Å². The second-order valence-corrected chi connectivity index (χ2v) is 9.47. The SMILES string of the molecule is CC(Cc1ccccc1)NC(=O)c1cccs1.O=CNc1cc(F)ccc1N1CCN(CCO)CC1. The van der Waals surface area contributed by atoms with Crippen molar-refractivity contribution in [3.8, 4) is 0 Å². The second kappa shape index (κ2) is 14.3. The number of aliphatic hydroxyl groups is 1. The Balaban J connectivity index is 0.000000202. The summed E-state index contributed by atoms with van der Waals surface area (Å²) in [6.45, 7) is 6.14. The number of hydrogen-bond donors (Lipinski definition) is 3. The molecule has 0 aliphatic carbocycles. The maximum Gasteiger partial charge on any atom is 0.261 e. The van der Waals surface area contributed by atoms with Gasteiger partial charge in [-0.15, -0.1) is 11.3 Å². The minimum atomic E-state index is -0.369. The largest absolute Gasteiger partial charge is 0.395 e. The Morgan fingerprint density at radius 1 is 1.11 bits per heavy atom. The van der Waals surface area contributed by atoms with Crippen molar-refractivity contribution in [2.45, 2.75) is 19.4 Å². The topological polar surface area (TPSA) is 84.9 Å². The van der Waals surface area contributed by atoms with Gasteiger partial charge in [0, 0.05) is 38.8 Å². The Hall–Kier alpha value is -3.27. The quantitative estimate of drug-likeness (QED) is 0.382. The van der Waals surface area contributed by atoms with Crippen LogP contribution < -0.4 is 15.5 Å². The molecule has 1 unspecified atom stereocenters. The molecule has 4 rings (SSSR count). The number of aliphatic hydroxyl groups excluding tert-OH is 1. The number of hydrogen-bond acceptors (Lipinski definition) is 6. The van der Waals surface area contributed by atoms with E-state index in [0.29, 0.717) is 18.6 Å². The lowest BCUT2D eigenvalue weighted by Gasteiger charge is -2.36. The molecule has 9 heteroatoms. The lowest BCUT2D eigenvalue weighted by Crippen LogP contribution is -2.47. The first-order valence-electron chi connectivity index (χ1n) is 12.0. The molecular weight excluding hydrogens is 479 g/mol. The molecule has 36 heavy (non-hydrogen) atoms. The van der Waals surface area contributed by atoms with Crippen LogP contribution in [0.4, 0.5) is 15.8 Å². The molecule has 7 nitrogen and oxygen atoms in total. The highest BCUT2D eigenvalue weighted by Gasteiger charge is 2.19. The molecule has 1 saturated heterocycles. The van der Waals surface area contributed by atoms with E-state index in [-0.39, 0.29) is 24.4 Å². The van der Waals surface area contributed by atoms with Crippen LogP contribution in [0.2, 0.25) is 0 Å². The van der Waals surface area contributed by atoms with Crippen molar-refractivity contribution in [3.05, 3.63) is 82.3 Å². The first-order valence-corrected chi connectivity index (χ1v) is 12.8. The van der Waals surface area contributed by atoms with Gasteiger partial charge in [-0.25, -0.2) is 4.39 Å².